The molecule has 0 spiro atoms. The first-order chi connectivity index (χ1) is 10.2. The Bertz CT molecular complexity index is 524. The van der Waals surface area contributed by atoms with E-state index in [0.29, 0.717) is 25.0 Å². The van der Waals surface area contributed by atoms with Gasteiger partial charge < -0.3 is 10.2 Å². The minimum atomic E-state index is -0.498. The van der Waals surface area contributed by atoms with E-state index in [2.05, 4.69) is 5.32 Å². The third-order valence-electron chi connectivity index (χ3n) is 4.69. The highest BCUT2D eigenvalue weighted by molar-refractivity contribution is 5.64. The first-order valence-corrected chi connectivity index (χ1v) is 7.58. The summed E-state index contributed by atoms with van der Waals surface area (Å²) in [4.78, 5) is 12.4. The molecule has 0 radical (unpaired) electrons. The number of piperidine rings is 1. The topological polar surface area (TPSA) is 58.4 Å². The number of nitrogens with one attached hydrogen (secondary N) is 1. The standard InChI is InChI=1S/C15H20FN3O2/c16-12-3-1-5-14(19(20)21)15(12)18-9-6-11(7-10-18)13-4-2-8-17-13/h1,3,5,11,13,17H,2,4,6-10H2. The van der Waals surface area contributed by atoms with Crippen LogP contribution >= 0.6 is 0 Å². The lowest BCUT2D eigenvalue weighted by Crippen LogP contribution is -2.41. The second-order valence-electron chi connectivity index (χ2n) is 5.89. The molecule has 0 aliphatic carbocycles. The number of halogens is 1. The Morgan fingerprint density at radius 2 is 2.05 bits per heavy atom. The maximum Gasteiger partial charge on any atom is 0.295 e. The van der Waals surface area contributed by atoms with E-state index in [9.17, 15) is 14.5 Å². The van der Waals surface area contributed by atoms with Gasteiger partial charge in [0.05, 0.1) is 4.92 Å². The summed E-state index contributed by atoms with van der Waals surface area (Å²) in [6.45, 7) is 2.46. The predicted molar refractivity (Wildman–Crippen MR) is 79.0 cm³/mol. The Kier molecular flexibility index (Phi) is 4.05. The van der Waals surface area contributed by atoms with Crippen LogP contribution in [0.4, 0.5) is 15.8 Å². The largest absolute Gasteiger partial charge is 0.364 e. The molecule has 0 aromatic heterocycles. The number of rotatable bonds is 3. The minimum Gasteiger partial charge on any atom is -0.364 e. The Labute approximate surface area is 123 Å². The molecule has 114 valence electrons. The van der Waals surface area contributed by atoms with Crippen molar-refractivity contribution in [3.05, 3.63) is 34.1 Å². The van der Waals surface area contributed by atoms with Crippen LogP contribution in [-0.4, -0.2) is 30.6 Å². The van der Waals surface area contributed by atoms with Crippen LogP contribution < -0.4 is 10.2 Å². The molecule has 2 saturated heterocycles. The molecule has 0 amide bonds. The van der Waals surface area contributed by atoms with Crippen LogP contribution in [-0.2, 0) is 0 Å². The second-order valence-corrected chi connectivity index (χ2v) is 5.89. The molecular formula is C15H20FN3O2. The highest BCUT2D eigenvalue weighted by Gasteiger charge is 2.31. The van der Waals surface area contributed by atoms with Crippen molar-refractivity contribution in [3.63, 3.8) is 0 Å². The van der Waals surface area contributed by atoms with Gasteiger partial charge in [-0.05, 0) is 44.2 Å². The normalized spacial score (nSPS) is 23.5. The minimum absolute atomic E-state index is 0.132. The van der Waals surface area contributed by atoms with Crippen molar-refractivity contribution in [1.82, 2.24) is 5.32 Å². The number of nitro groups is 1. The van der Waals surface area contributed by atoms with Crippen LogP contribution in [0.25, 0.3) is 0 Å². The molecule has 0 saturated carbocycles. The average molecular weight is 293 g/mol. The molecular weight excluding hydrogens is 273 g/mol. The number of hydrogen-bond donors (Lipinski definition) is 1. The van der Waals surface area contributed by atoms with Crippen LogP contribution in [0.1, 0.15) is 25.7 Å². The van der Waals surface area contributed by atoms with Gasteiger partial charge in [-0.15, -0.1) is 0 Å². The maximum absolute atomic E-state index is 14.0. The fraction of sp³-hybridized carbons (Fsp3) is 0.600. The molecule has 2 aliphatic rings. The van der Waals surface area contributed by atoms with Gasteiger partial charge in [-0.1, -0.05) is 6.07 Å². The summed E-state index contributed by atoms with van der Waals surface area (Å²) in [6, 6.07) is 4.64. The van der Waals surface area contributed by atoms with E-state index < -0.39 is 10.7 Å². The molecule has 0 bridgehead atoms. The van der Waals surface area contributed by atoms with Crippen molar-refractivity contribution < 1.29 is 9.31 Å². The lowest BCUT2D eigenvalue weighted by molar-refractivity contribution is -0.384. The van der Waals surface area contributed by atoms with Crippen molar-refractivity contribution in [3.8, 4) is 0 Å². The van der Waals surface area contributed by atoms with E-state index in [0.717, 1.165) is 19.4 Å². The molecule has 1 N–H and O–H groups in total. The third-order valence-corrected chi connectivity index (χ3v) is 4.69. The first kappa shape index (κ1) is 14.3. The quantitative estimate of drug-likeness (QED) is 0.687. The summed E-state index contributed by atoms with van der Waals surface area (Å²) < 4.78 is 14.0. The van der Waals surface area contributed by atoms with Crippen molar-refractivity contribution in [2.75, 3.05) is 24.5 Å². The summed E-state index contributed by atoms with van der Waals surface area (Å²) in [5.41, 5.74) is 0.0211. The Balaban J connectivity index is 1.73. The molecule has 1 atom stereocenters. The molecule has 1 aromatic rings. The molecule has 2 aliphatic heterocycles. The summed E-state index contributed by atoms with van der Waals surface area (Å²) in [6.07, 6.45) is 4.36. The van der Waals surface area contributed by atoms with Gasteiger partial charge in [-0.25, -0.2) is 4.39 Å². The molecule has 1 unspecified atom stereocenters. The summed E-state index contributed by atoms with van der Waals surface area (Å²) in [7, 11) is 0. The number of benzene rings is 1. The van der Waals surface area contributed by atoms with Crippen molar-refractivity contribution in [2.24, 2.45) is 5.92 Å². The second kappa shape index (κ2) is 5.97. The summed E-state index contributed by atoms with van der Waals surface area (Å²) in [5.74, 6) is 0.108. The number of nitro benzene ring substituents is 1. The average Bonchev–Trinajstić information content (AvgIpc) is 3.01. The molecule has 3 rings (SSSR count). The van der Waals surface area contributed by atoms with Crippen LogP contribution in [0.15, 0.2) is 18.2 Å². The predicted octanol–water partition coefficient (Wildman–Crippen LogP) is 2.70. The van der Waals surface area contributed by atoms with Gasteiger partial charge in [-0.2, -0.15) is 0 Å². The number of para-hydroxylation sites is 1. The van der Waals surface area contributed by atoms with E-state index in [1.807, 2.05) is 4.90 Å². The van der Waals surface area contributed by atoms with E-state index in [-0.39, 0.29) is 11.4 Å². The Hall–Kier alpha value is -1.69. The van der Waals surface area contributed by atoms with Crippen molar-refractivity contribution in [2.45, 2.75) is 31.7 Å². The number of nitrogens with zero attached hydrogens (tertiary/aromatic N) is 2. The lowest BCUT2D eigenvalue weighted by Gasteiger charge is -2.36. The van der Waals surface area contributed by atoms with E-state index in [4.69, 9.17) is 0 Å². The van der Waals surface area contributed by atoms with Gasteiger partial charge in [0.25, 0.3) is 5.69 Å². The lowest BCUT2D eigenvalue weighted by atomic mass is 9.88. The van der Waals surface area contributed by atoms with E-state index in [1.54, 1.807) is 0 Å². The van der Waals surface area contributed by atoms with Gasteiger partial charge in [0, 0.05) is 25.2 Å². The van der Waals surface area contributed by atoms with Gasteiger partial charge in [0.1, 0.15) is 0 Å². The van der Waals surface area contributed by atoms with Gasteiger partial charge in [-0.3, -0.25) is 10.1 Å². The molecule has 1 aromatic carbocycles. The van der Waals surface area contributed by atoms with Crippen molar-refractivity contribution in [1.29, 1.82) is 0 Å². The fourth-order valence-electron chi connectivity index (χ4n) is 3.60. The van der Waals surface area contributed by atoms with Crippen molar-refractivity contribution >= 4 is 11.4 Å². The van der Waals surface area contributed by atoms with Crippen LogP contribution in [0.2, 0.25) is 0 Å². The fourth-order valence-corrected chi connectivity index (χ4v) is 3.60. The number of anilines is 1. The monoisotopic (exact) mass is 293 g/mol. The van der Waals surface area contributed by atoms with E-state index >= 15 is 0 Å². The highest BCUT2D eigenvalue weighted by atomic mass is 19.1. The summed E-state index contributed by atoms with van der Waals surface area (Å²) >= 11 is 0. The molecule has 2 heterocycles. The Morgan fingerprint density at radius 1 is 1.29 bits per heavy atom. The van der Waals surface area contributed by atoms with Crippen LogP contribution in [0, 0.1) is 21.8 Å². The maximum atomic E-state index is 14.0. The zero-order valence-corrected chi connectivity index (χ0v) is 11.9. The van der Waals surface area contributed by atoms with Gasteiger partial charge >= 0.3 is 0 Å². The third kappa shape index (κ3) is 2.85. The molecule has 6 heteroatoms. The van der Waals surface area contributed by atoms with Gasteiger partial charge in [0.2, 0.25) is 0 Å². The highest BCUT2D eigenvalue weighted by Crippen LogP contribution is 2.35. The zero-order valence-electron chi connectivity index (χ0n) is 11.9. The SMILES string of the molecule is O=[N+]([O-])c1cccc(F)c1N1CCC(C2CCCN2)CC1. The van der Waals surface area contributed by atoms with Gasteiger partial charge in [0.15, 0.2) is 11.5 Å². The van der Waals surface area contributed by atoms with Crippen LogP contribution in [0.3, 0.4) is 0 Å². The number of hydrogen-bond acceptors (Lipinski definition) is 4. The first-order valence-electron chi connectivity index (χ1n) is 7.58. The van der Waals surface area contributed by atoms with Crippen LogP contribution in [0.5, 0.6) is 0 Å². The smallest absolute Gasteiger partial charge is 0.295 e. The summed E-state index contributed by atoms with van der Waals surface area (Å²) in [5, 5.41) is 14.6. The van der Waals surface area contributed by atoms with E-state index in [1.165, 1.54) is 31.0 Å². The molecule has 21 heavy (non-hydrogen) atoms. The zero-order chi connectivity index (χ0) is 14.8. The molecule has 5 nitrogen and oxygen atoms in total. The Morgan fingerprint density at radius 3 is 2.67 bits per heavy atom. The molecule has 2 fully saturated rings.